The lowest BCUT2D eigenvalue weighted by molar-refractivity contribution is -0.152. The van der Waals surface area contributed by atoms with Gasteiger partial charge in [-0.05, 0) is 37.5 Å². The number of carbonyl (C=O) groups excluding carboxylic acids is 3. The van der Waals surface area contributed by atoms with Crippen molar-refractivity contribution < 1.29 is 22.8 Å². The van der Waals surface area contributed by atoms with Crippen LogP contribution in [0.5, 0.6) is 0 Å². The molecule has 2 unspecified atom stereocenters. The van der Waals surface area contributed by atoms with E-state index in [9.17, 15) is 22.8 Å². The second-order valence-electron chi connectivity index (χ2n) is 7.80. The maximum absolute atomic E-state index is 12.6. The van der Waals surface area contributed by atoms with E-state index < -0.39 is 10.0 Å². The summed E-state index contributed by atoms with van der Waals surface area (Å²) in [4.78, 5) is 40.4. The fraction of sp³-hybridized carbons (Fsp3) is 0.450. The number of nitrogens with zero attached hydrogens (tertiary/aromatic N) is 2. The van der Waals surface area contributed by atoms with Crippen molar-refractivity contribution >= 4 is 27.7 Å². The molecule has 3 amide bonds. The molecule has 9 heteroatoms. The molecule has 4 rings (SSSR count). The SMILES string of the molecule is Cc1cccc(S(=O)(=O)NCC(=O)N2CC(N3C(=O)C4CC=CCC4C3=O)C2)c1. The summed E-state index contributed by atoms with van der Waals surface area (Å²) in [6.07, 6.45) is 5.04. The average molecular weight is 417 g/mol. The first-order chi connectivity index (χ1) is 13.8. The first-order valence-corrected chi connectivity index (χ1v) is 11.1. The molecule has 0 radical (unpaired) electrons. The first-order valence-electron chi connectivity index (χ1n) is 9.64. The van der Waals surface area contributed by atoms with E-state index in [2.05, 4.69) is 4.72 Å². The third kappa shape index (κ3) is 3.60. The van der Waals surface area contributed by atoms with Gasteiger partial charge >= 0.3 is 0 Å². The highest BCUT2D eigenvalue weighted by atomic mass is 32.2. The minimum absolute atomic E-state index is 0.108. The molecule has 2 atom stereocenters. The van der Waals surface area contributed by atoms with E-state index in [-0.39, 0.29) is 60.1 Å². The number of likely N-dealkylation sites (tertiary alicyclic amines) is 2. The Morgan fingerprint density at radius 2 is 1.72 bits per heavy atom. The summed E-state index contributed by atoms with van der Waals surface area (Å²) in [6, 6.07) is 6.11. The summed E-state index contributed by atoms with van der Waals surface area (Å²) >= 11 is 0. The van der Waals surface area contributed by atoms with Gasteiger partial charge in [0.05, 0.1) is 29.3 Å². The van der Waals surface area contributed by atoms with E-state index in [1.807, 2.05) is 12.2 Å². The number of rotatable bonds is 5. The predicted molar refractivity (Wildman–Crippen MR) is 104 cm³/mol. The van der Waals surface area contributed by atoms with Crippen LogP contribution in [0.3, 0.4) is 0 Å². The van der Waals surface area contributed by atoms with Gasteiger partial charge in [0, 0.05) is 13.1 Å². The van der Waals surface area contributed by atoms with Crippen LogP contribution in [0, 0.1) is 18.8 Å². The van der Waals surface area contributed by atoms with E-state index in [1.54, 1.807) is 19.1 Å². The summed E-state index contributed by atoms with van der Waals surface area (Å²) in [5, 5.41) is 0. The first kappa shape index (κ1) is 19.8. The second-order valence-corrected chi connectivity index (χ2v) is 9.56. The lowest BCUT2D eigenvalue weighted by Crippen LogP contribution is -2.63. The Morgan fingerprint density at radius 3 is 2.31 bits per heavy atom. The van der Waals surface area contributed by atoms with Crippen LogP contribution < -0.4 is 4.72 Å². The zero-order chi connectivity index (χ0) is 20.8. The number of allylic oxidation sites excluding steroid dienone is 2. The van der Waals surface area contributed by atoms with Crippen molar-refractivity contribution in [3.63, 3.8) is 0 Å². The molecule has 3 aliphatic rings. The number of hydrogen-bond acceptors (Lipinski definition) is 5. The zero-order valence-electron chi connectivity index (χ0n) is 16.1. The van der Waals surface area contributed by atoms with E-state index in [0.717, 1.165) is 5.56 Å². The van der Waals surface area contributed by atoms with Crippen molar-refractivity contribution in [2.24, 2.45) is 11.8 Å². The van der Waals surface area contributed by atoms with E-state index in [1.165, 1.54) is 21.9 Å². The molecule has 1 N–H and O–H groups in total. The summed E-state index contributed by atoms with van der Waals surface area (Å²) in [5.74, 6) is -1.24. The molecule has 0 saturated carbocycles. The number of hydrogen-bond donors (Lipinski definition) is 1. The molecule has 0 bridgehead atoms. The summed E-state index contributed by atoms with van der Waals surface area (Å²) in [7, 11) is -3.78. The van der Waals surface area contributed by atoms with Crippen molar-refractivity contribution in [1.29, 1.82) is 0 Å². The van der Waals surface area contributed by atoms with Gasteiger partial charge in [0.1, 0.15) is 0 Å². The summed E-state index contributed by atoms with van der Waals surface area (Å²) in [5.41, 5.74) is 0.806. The molecule has 1 aliphatic carbocycles. The number of amides is 3. The Labute approximate surface area is 169 Å². The molecule has 1 aromatic carbocycles. The van der Waals surface area contributed by atoms with Crippen LogP contribution in [-0.4, -0.2) is 61.6 Å². The maximum atomic E-state index is 12.6. The fourth-order valence-corrected chi connectivity index (χ4v) is 5.22. The zero-order valence-corrected chi connectivity index (χ0v) is 16.9. The lowest BCUT2D eigenvalue weighted by atomic mass is 9.85. The highest BCUT2D eigenvalue weighted by Crippen LogP contribution is 2.37. The number of fused-ring (bicyclic) bond motifs is 1. The molecule has 2 aliphatic heterocycles. The summed E-state index contributed by atoms with van der Waals surface area (Å²) < 4.78 is 27.0. The van der Waals surface area contributed by atoms with Crippen LogP contribution in [0.25, 0.3) is 0 Å². The van der Waals surface area contributed by atoms with Gasteiger partial charge in [-0.1, -0.05) is 24.3 Å². The Balaban J connectivity index is 1.32. The molecular formula is C20H23N3O5S. The highest BCUT2D eigenvalue weighted by Gasteiger charge is 2.52. The molecule has 29 heavy (non-hydrogen) atoms. The monoisotopic (exact) mass is 417 g/mol. The largest absolute Gasteiger partial charge is 0.337 e. The maximum Gasteiger partial charge on any atom is 0.241 e. The molecule has 0 spiro atoms. The Kier molecular flexibility index (Phi) is 5.04. The number of imide groups is 1. The van der Waals surface area contributed by atoms with Gasteiger partial charge in [-0.3, -0.25) is 19.3 Å². The van der Waals surface area contributed by atoms with Crippen LogP contribution in [-0.2, 0) is 24.4 Å². The van der Waals surface area contributed by atoms with Gasteiger partial charge in [0.2, 0.25) is 27.7 Å². The second kappa shape index (κ2) is 7.38. The van der Waals surface area contributed by atoms with Gasteiger partial charge < -0.3 is 4.90 Å². The molecular weight excluding hydrogens is 394 g/mol. The highest BCUT2D eigenvalue weighted by molar-refractivity contribution is 7.89. The van der Waals surface area contributed by atoms with E-state index in [0.29, 0.717) is 12.8 Å². The third-order valence-corrected chi connectivity index (χ3v) is 7.23. The van der Waals surface area contributed by atoms with Crippen molar-refractivity contribution in [1.82, 2.24) is 14.5 Å². The van der Waals surface area contributed by atoms with E-state index >= 15 is 0 Å². The minimum Gasteiger partial charge on any atom is -0.337 e. The van der Waals surface area contributed by atoms with Gasteiger partial charge in [-0.2, -0.15) is 0 Å². The standard InChI is InChI=1S/C20H23N3O5S/c1-13-5-4-6-15(9-13)29(27,28)21-10-18(24)22-11-14(12-22)23-19(25)16-7-2-3-8-17(16)20(23)26/h2-6,9,14,16-17,21H,7-8,10-12H2,1H3. The summed E-state index contributed by atoms with van der Waals surface area (Å²) in [6.45, 7) is 1.92. The molecule has 2 heterocycles. The minimum atomic E-state index is -3.78. The number of sulfonamides is 1. The van der Waals surface area contributed by atoms with Crippen LogP contribution in [0.15, 0.2) is 41.3 Å². The Hall–Kier alpha value is -2.52. The van der Waals surface area contributed by atoms with Gasteiger partial charge in [0.15, 0.2) is 0 Å². The third-order valence-electron chi connectivity index (χ3n) is 5.84. The number of nitrogens with one attached hydrogen (secondary N) is 1. The topological polar surface area (TPSA) is 104 Å². The fourth-order valence-electron chi connectivity index (χ4n) is 4.14. The normalized spacial score (nSPS) is 24.6. The Bertz CT molecular complexity index is 971. The molecule has 8 nitrogen and oxygen atoms in total. The van der Waals surface area contributed by atoms with Crippen LogP contribution in [0.2, 0.25) is 0 Å². The van der Waals surface area contributed by atoms with Crippen LogP contribution in [0.4, 0.5) is 0 Å². The molecule has 154 valence electrons. The van der Waals surface area contributed by atoms with Crippen molar-refractivity contribution in [3.05, 3.63) is 42.0 Å². The quantitative estimate of drug-likeness (QED) is 0.553. The van der Waals surface area contributed by atoms with Crippen molar-refractivity contribution in [3.8, 4) is 0 Å². The average Bonchev–Trinajstić information content (AvgIpc) is 2.91. The van der Waals surface area contributed by atoms with Gasteiger partial charge in [-0.15, -0.1) is 0 Å². The Morgan fingerprint density at radius 1 is 1.10 bits per heavy atom. The van der Waals surface area contributed by atoms with Crippen molar-refractivity contribution in [2.75, 3.05) is 19.6 Å². The van der Waals surface area contributed by atoms with Crippen LogP contribution in [0.1, 0.15) is 18.4 Å². The van der Waals surface area contributed by atoms with Gasteiger partial charge in [0.25, 0.3) is 0 Å². The number of aryl methyl sites for hydroxylation is 1. The smallest absolute Gasteiger partial charge is 0.241 e. The lowest BCUT2D eigenvalue weighted by Gasteiger charge is -2.43. The van der Waals surface area contributed by atoms with Gasteiger partial charge in [-0.25, -0.2) is 13.1 Å². The van der Waals surface area contributed by atoms with Crippen LogP contribution >= 0.6 is 0 Å². The molecule has 0 aromatic heterocycles. The number of benzene rings is 1. The molecule has 2 fully saturated rings. The molecule has 1 aromatic rings. The predicted octanol–water partition coefficient (Wildman–Crippen LogP) is 0.435. The van der Waals surface area contributed by atoms with E-state index in [4.69, 9.17) is 0 Å². The van der Waals surface area contributed by atoms with Crippen molar-refractivity contribution in [2.45, 2.75) is 30.7 Å². The number of carbonyl (C=O) groups is 3. The molecule has 2 saturated heterocycles.